The van der Waals surface area contributed by atoms with E-state index in [1.165, 1.54) is 4.40 Å². The largest absolute Gasteiger partial charge is 0.497 e. The van der Waals surface area contributed by atoms with E-state index in [1.807, 2.05) is 43.3 Å². The predicted molar refractivity (Wildman–Crippen MR) is 87.5 cm³/mol. The molecule has 0 saturated heterocycles. The molecule has 3 aromatic rings. The van der Waals surface area contributed by atoms with E-state index in [4.69, 9.17) is 9.47 Å². The fourth-order valence-electron chi connectivity index (χ4n) is 2.32. The van der Waals surface area contributed by atoms with Crippen LogP contribution in [0, 0.1) is 6.92 Å². The lowest BCUT2D eigenvalue weighted by atomic mass is 10.3. The first-order valence-electron chi connectivity index (χ1n) is 7.26. The number of hydrogen-bond acceptors (Lipinski definition) is 5. The second-order valence-corrected chi connectivity index (χ2v) is 5.03. The molecule has 0 unspecified atom stereocenters. The number of hydrogen-bond donors (Lipinski definition) is 2. The lowest BCUT2D eigenvalue weighted by Gasteiger charge is -2.10. The Morgan fingerprint density at radius 2 is 1.91 bits per heavy atom. The summed E-state index contributed by atoms with van der Waals surface area (Å²) in [5.41, 5.74) is 1.96. The third-order valence-corrected chi connectivity index (χ3v) is 3.50. The van der Waals surface area contributed by atoms with Crippen molar-refractivity contribution in [3.8, 4) is 11.5 Å². The van der Waals surface area contributed by atoms with Gasteiger partial charge in [-0.2, -0.15) is 5.10 Å². The van der Waals surface area contributed by atoms with Crippen LogP contribution in [0.25, 0.3) is 5.65 Å². The Morgan fingerprint density at radius 3 is 2.65 bits per heavy atom. The average molecular weight is 314 g/mol. The third kappa shape index (κ3) is 3.13. The van der Waals surface area contributed by atoms with Crippen molar-refractivity contribution in [1.29, 1.82) is 0 Å². The van der Waals surface area contributed by atoms with Crippen LogP contribution in [0.3, 0.4) is 0 Å². The zero-order chi connectivity index (χ0) is 16.2. The summed E-state index contributed by atoms with van der Waals surface area (Å²) in [6.07, 6.45) is 0. The van der Waals surface area contributed by atoms with Gasteiger partial charge in [-0.3, -0.25) is 0 Å². The van der Waals surface area contributed by atoms with Gasteiger partial charge in [0.15, 0.2) is 5.65 Å². The maximum Gasteiger partial charge on any atom is 0.347 e. The number of aromatic amines is 1. The van der Waals surface area contributed by atoms with Gasteiger partial charge in [0.05, 0.1) is 12.8 Å². The number of nitrogens with one attached hydrogen (secondary N) is 2. The van der Waals surface area contributed by atoms with Gasteiger partial charge < -0.3 is 14.8 Å². The van der Waals surface area contributed by atoms with Crippen molar-refractivity contribution in [3.63, 3.8) is 0 Å². The maximum absolute atomic E-state index is 11.7. The number of benzene rings is 1. The Hall–Kier alpha value is -2.96. The molecular weight excluding hydrogens is 296 g/mol. The Balaban J connectivity index is 1.60. The summed E-state index contributed by atoms with van der Waals surface area (Å²) >= 11 is 0. The molecule has 1 aromatic carbocycles. The highest BCUT2D eigenvalue weighted by Crippen LogP contribution is 2.17. The number of anilines is 1. The monoisotopic (exact) mass is 314 g/mol. The Kier molecular flexibility index (Phi) is 4.18. The van der Waals surface area contributed by atoms with Gasteiger partial charge in [0, 0.05) is 12.2 Å². The molecule has 0 amide bonds. The van der Waals surface area contributed by atoms with Gasteiger partial charge in [0.2, 0.25) is 0 Å². The van der Waals surface area contributed by atoms with E-state index < -0.39 is 0 Å². The lowest BCUT2D eigenvalue weighted by Crippen LogP contribution is -2.15. The van der Waals surface area contributed by atoms with E-state index in [-0.39, 0.29) is 5.69 Å². The number of fused-ring (bicyclic) bond motifs is 1. The van der Waals surface area contributed by atoms with Crippen molar-refractivity contribution >= 4 is 11.3 Å². The summed E-state index contributed by atoms with van der Waals surface area (Å²) in [6.45, 7) is 2.94. The van der Waals surface area contributed by atoms with E-state index in [0.717, 1.165) is 22.9 Å². The highest BCUT2D eigenvalue weighted by molar-refractivity contribution is 5.67. The van der Waals surface area contributed by atoms with E-state index in [1.54, 1.807) is 7.11 Å². The molecule has 0 saturated carbocycles. The molecular formula is C16H18N4O3. The van der Waals surface area contributed by atoms with Crippen molar-refractivity contribution in [3.05, 3.63) is 52.6 Å². The fraction of sp³-hybridized carbons (Fsp3) is 0.250. The minimum atomic E-state index is -0.240. The quantitative estimate of drug-likeness (QED) is 0.679. The van der Waals surface area contributed by atoms with Crippen LogP contribution in [-0.4, -0.2) is 34.9 Å². The topological polar surface area (TPSA) is 80.7 Å². The summed E-state index contributed by atoms with van der Waals surface area (Å²) < 4.78 is 12.3. The van der Waals surface area contributed by atoms with E-state index >= 15 is 0 Å². The predicted octanol–water partition coefficient (Wildman–Crippen LogP) is 1.83. The molecule has 0 aliphatic rings. The minimum Gasteiger partial charge on any atom is -0.497 e. The number of rotatable bonds is 6. The second kappa shape index (κ2) is 6.43. The standard InChI is InChI=1S/C16H18N4O3/c1-11-3-8-14(15-18-19-16(21)20(11)15)17-9-10-23-13-6-4-12(22-2)5-7-13/h3-8,17H,9-10H2,1-2H3,(H,19,21). The lowest BCUT2D eigenvalue weighted by molar-refractivity contribution is 0.332. The molecule has 23 heavy (non-hydrogen) atoms. The summed E-state index contributed by atoms with van der Waals surface area (Å²) in [5.74, 6) is 1.57. The number of ether oxygens (including phenoxy) is 2. The molecule has 0 atom stereocenters. The molecule has 0 bridgehead atoms. The number of aromatic nitrogens is 3. The molecule has 120 valence electrons. The van der Waals surface area contributed by atoms with Crippen LogP contribution in [0.15, 0.2) is 41.2 Å². The number of pyridine rings is 1. The summed E-state index contributed by atoms with van der Waals surface area (Å²) in [6, 6.07) is 11.2. The molecule has 0 aliphatic carbocycles. The first-order chi connectivity index (χ1) is 11.2. The zero-order valence-electron chi connectivity index (χ0n) is 13.0. The van der Waals surface area contributed by atoms with Gasteiger partial charge in [-0.05, 0) is 43.3 Å². The molecule has 0 aliphatic heterocycles. The fourth-order valence-corrected chi connectivity index (χ4v) is 2.32. The average Bonchev–Trinajstić information content (AvgIpc) is 2.97. The zero-order valence-corrected chi connectivity index (χ0v) is 13.0. The second-order valence-electron chi connectivity index (χ2n) is 5.03. The maximum atomic E-state index is 11.7. The van der Waals surface area contributed by atoms with Crippen molar-refractivity contribution in [2.24, 2.45) is 0 Å². The summed E-state index contributed by atoms with van der Waals surface area (Å²) in [5, 5.41) is 9.73. The molecule has 0 fully saturated rings. The van der Waals surface area contributed by atoms with Crippen molar-refractivity contribution in [2.75, 3.05) is 25.6 Å². The molecule has 2 N–H and O–H groups in total. The van der Waals surface area contributed by atoms with Crippen LogP contribution in [-0.2, 0) is 0 Å². The van der Waals surface area contributed by atoms with Gasteiger partial charge >= 0.3 is 5.69 Å². The summed E-state index contributed by atoms with van der Waals surface area (Å²) in [7, 11) is 1.63. The first-order valence-corrected chi connectivity index (χ1v) is 7.26. The molecule has 3 rings (SSSR count). The van der Waals surface area contributed by atoms with Crippen molar-refractivity contribution < 1.29 is 9.47 Å². The molecule has 0 spiro atoms. The van der Waals surface area contributed by atoms with Crippen molar-refractivity contribution in [1.82, 2.24) is 14.6 Å². The van der Waals surface area contributed by atoms with Crippen LogP contribution in [0.5, 0.6) is 11.5 Å². The van der Waals surface area contributed by atoms with Crippen LogP contribution < -0.4 is 20.5 Å². The number of aryl methyl sites for hydroxylation is 1. The SMILES string of the molecule is COc1ccc(OCCNc2ccc(C)n3c(=O)[nH]nc23)cc1. The molecule has 2 aromatic heterocycles. The van der Waals surface area contributed by atoms with Crippen LogP contribution >= 0.6 is 0 Å². The Labute approximate surface area is 132 Å². The van der Waals surface area contributed by atoms with E-state index in [2.05, 4.69) is 15.5 Å². The van der Waals surface area contributed by atoms with Crippen LogP contribution in [0.4, 0.5) is 5.69 Å². The van der Waals surface area contributed by atoms with Crippen LogP contribution in [0.1, 0.15) is 5.69 Å². The highest BCUT2D eigenvalue weighted by Gasteiger charge is 2.07. The van der Waals surface area contributed by atoms with E-state index in [9.17, 15) is 4.79 Å². The molecule has 7 nitrogen and oxygen atoms in total. The number of nitrogens with zero attached hydrogens (tertiary/aromatic N) is 2. The Morgan fingerprint density at radius 1 is 1.17 bits per heavy atom. The molecule has 0 radical (unpaired) electrons. The molecule has 2 heterocycles. The van der Waals surface area contributed by atoms with Gasteiger partial charge in [-0.25, -0.2) is 14.3 Å². The van der Waals surface area contributed by atoms with Gasteiger partial charge in [0.25, 0.3) is 0 Å². The van der Waals surface area contributed by atoms with Gasteiger partial charge in [0.1, 0.15) is 18.1 Å². The third-order valence-electron chi connectivity index (χ3n) is 3.50. The molecule has 7 heteroatoms. The summed E-state index contributed by atoms with van der Waals surface area (Å²) in [4.78, 5) is 11.7. The van der Waals surface area contributed by atoms with E-state index in [0.29, 0.717) is 18.8 Å². The highest BCUT2D eigenvalue weighted by atomic mass is 16.5. The van der Waals surface area contributed by atoms with Crippen LogP contribution in [0.2, 0.25) is 0 Å². The van der Waals surface area contributed by atoms with Gasteiger partial charge in [-0.15, -0.1) is 0 Å². The number of methoxy groups -OCH3 is 1. The normalized spacial score (nSPS) is 10.7. The minimum absolute atomic E-state index is 0.240. The van der Waals surface area contributed by atoms with Gasteiger partial charge in [-0.1, -0.05) is 0 Å². The Bertz CT molecular complexity index is 852. The van der Waals surface area contributed by atoms with Crippen molar-refractivity contribution in [2.45, 2.75) is 6.92 Å². The number of H-pyrrole nitrogens is 1. The first kappa shape index (κ1) is 15.0. The smallest absolute Gasteiger partial charge is 0.347 e.